The second-order valence-electron chi connectivity index (χ2n) is 4.41. The molecule has 0 aliphatic rings. The van der Waals surface area contributed by atoms with E-state index in [0.717, 1.165) is 0 Å². The summed E-state index contributed by atoms with van der Waals surface area (Å²) in [6.45, 7) is 18.6. The average Bonchev–Trinajstić information content (AvgIpc) is 2.25. The van der Waals surface area contributed by atoms with Crippen LogP contribution in [0.4, 0.5) is 0 Å². The third kappa shape index (κ3) is 10.1. The molecule has 0 aromatic heterocycles. The van der Waals surface area contributed by atoms with Crippen molar-refractivity contribution in [2.45, 2.75) is 68.7 Å². The molecule has 0 nitrogen and oxygen atoms in total. The van der Waals surface area contributed by atoms with E-state index in [9.17, 15) is 0 Å². The SMILES string of the molecule is C.C=Cc1cc(C)cc(C)c1C.CCC.CCC. The van der Waals surface area contributed by atoms with Gasteiger partial charge < -0.3 is 0 Å². The van der Waals surface area contributed by atoms with Crippen LogP contribution in [-0.4, -0.2) is 0 Å². The molecule has 0 heterocycles. The fraction of sp³-hybridized carbons (Fsp3) is 0.556. The molecule has 0 N–H and O–H groups in total. The van der Waals surface area contributed by atoms with Crippen molar-refractivity contribution in [1.82, 2.24) is 0 Å². The predicted molar refractivity (Wildman–Crippen MR) is 89.4 cm³/mol. The molecule has 0 spiro atoms. The van der Waals surface area contributed by atoms with Crippen LogP contribution < -0.4 is 0 Å². The minimum Gasteiger partial charge on any atom is -0.0985 e. The molecule has 0 saturated heterocycles. The van der Waals surface area contributed by atoms with E-state index in [4.69, 9.17) is 0 Å². The first-order valence-electron chi connectivity index (χ1n) is 6.68. The summed E-state index contributed by atoms with van der Waals surface area (Å²) in [5.41, 5.74) is 5.25. The van der Waals surface area contributed by atoms with Gasteiger partial charge in [-0.2, -0.15) is 0 Å². The number of hydrogen-bond acceptors (Lipinski definition) is 0. The molecule has 0 radical (unpaired) electrons. The highest BCUT2D eigenvalue weighted by Crippen LogP contribution is 2.16. The Kier molecular flexibility index (Phi) is 17.3. The number of aryl methyl sites for hydroxylation is 2. The van der Waals surface area contributed by atoms with Crippen LogP contribution in [0.1, 0.15) is 70.2 Å². The zero-order valence-corrected chi connectivity index (χ0v) is 12.9. The fourth-order valence-corrected chi connectivity index (χ4v) is 1.28. The molecule has 0 fully saturated rings. The summed E-state index contributed by atoms with van der Waals surface area (Å²) in [6, 6.07) is 4.36. The molecule has 0 heteroatoms. The fourth-order valence-electron chi connectivity index (χ4n) is 1.28. The average molecular weight is 250 g/mol. The maximum Gasteiger partial charge on any atom is -0.0228 e. The van der Waals surface area contributed by atoms with Crippen molar-refractivity contribution >= 4 is 6.08 Å². The lowest BCUT2D eigenvalue weighted by atomic mass is 10.0. The minimum atomic E-state index is 0. The number of hydrogen-bond donors (Lipinski definition) is 0. The third-order valence-corrected chi connectivity index (χ3v) is 2.07. The summed E-state index contributed by atoms with van der Waals surface area (Å²) in [7, 11) is 0. The van der Waals surface area contributed by atoms with Gasteiger partial charge in [-0.15, -0.1) is 0 Å². The lowest BCUT2D eigenvalue weighted by molar-refractivity contribution is 1.09. The van der Waals surface area contributed by atoms with Crippen molar-refractivity contribution in [2.24, 2.45) is 0 Å². The topological polar surface area (TPSA) is 0 Å². The van der Waals surface area contributed by atoms with E-state index < -0.39 is 0 Å². The van der Waals surface area contributed by atoms with E-state index in [2.05, 4.69) is 67.2 Å². The van der Waals surface area contributed by atoms with Crippen molar-refractivity contribution in [1.29, 1.82) is 0 Å². The number of benzene rings is 1. The minimum absolute atomic E-state index is 0. The van der Waals surface area contributed by atoms with Crippen LogP contribution in [0.25, 0.3) is 6.08 Å². The Hall–Kier alpha value is -1.04. The molecule has 0 atom stereocenters. The van der Waals surface area contributed by atoms with Crippen LogP contribution in [0.2, 0.25) is 0 Å². The largest absolute Gasteiger partial charge is 0.0985 e. The standard InChI is InChI=1S/C11H14.2C3H8.CH4/c1-5-11-7-8(2)6-9(3)10(11)4;2*1-3-2;/h5-7H,1H2,2-4H3;2*3H2,1-2H3;1H4. The Bertz CT molecular complexity index is 306. The Labute approximate surface area is 116 Å². The molecule has 0 bridgehead atoms. The van der Waals surface area contributed by atoms with E-state index >= 15 is 0 Å². The lowest BCUT2D eigenvalue weighted by Gasteiger charge is -2.05. The van der Waals surface area contributed by atoms with Crippen molar-refractivity contribution in [3.8, 4) is 0 Å². The number of rotatable bonds is 1. The van der Waals surface area contributed by atoms with Crippen molar-refractivity contribution in [3.05, 3.63) is 41.0 Å². The van der Waals surface area contributed by atoms with Gasteiger partial charge in [-0.25, -0.2) is 0 Å². The van der Waals surface area contributed by atoms with Gasteiger partial charge in [-0.05, 0) is 37.5 Å². The highest BCUT2D eigenvalue weighted by atomic mass is 14.0. The predicted octanol–water partition coefficient (Wildman–Crippen LogP) is 6.72. The maximum absolute atomic E-state index is 3.77. The summed E-state index contributed by atoms with van der Waals surface area (Å²) in [6.07, 6.45) is 4.41. The highest BCUT2D eigenvalue weighted by molar-refractivity contribution is 5.55. The van der Waals surface area contributed by atoms with Gasteiger partial charge in [-0.3, -0.25) is 0 Å². The highest BCUT2D eigenvalue weighted by Gasteiger charge is 1.97. The molecule has 0 saturated carbocycles. The van der Waals surface area contributed by atoms with E-state index in [0.29, 0.717) is 0 Å². The molecular formula is C18H34. The van der Waals surface area contributed by atoms with Gasteiger partial charge in [0.2, 0.25) is 0 Å². The quantitative estimate of drug-likeness (QED) is 0.518. The van der Waals surface area contributed by atoms with Crippen LogP contribution >= 0.6 is 0 Å². The smallest absolute Gasteiger partial charge is 0.0228 e. The lowest BCUT2D eigenvalue weighted by Crippen LogP contribution is -1.87. The van der Waals surface area contributed by atoms with Crippen LogP contribution in [0.15, 0.2) is 18.7 Å². The van der Waals surface area contributed by atoms with Gasteiger partial charge in [0.05, 0.1) is 0 Å². The first kappa shape index (κ1) is 22.2. The molecule has 0 aliphatic heterocycles. The van der Waals surface area contributed by atoms with Crippen molar-refractivity contribution in [3.63, 3.8) is 0 Å². The van der Waals surface area contributed by atoms with Crippen LogP contribution in [0, 0.1) is 20.8 Å². The van der Waals surface area contributed by atoms with Gasteiger partial charge in [0.15, 0.2) is 0 Å². The zero-order valence-electron chi connectivity index (χ0n) is 12.9. The summed E-state index contributed by atoms with van der Waals surface area (Å²) < 4.78 is 0. The molecule has 0 aliphatic carbocycles. The van der Waals surface area contributed by atoms with Crippen LogP contribution in [-0.2, 0) is 0 Å². The molecule has 106 valence electrons. The van der Waals surface area contributed by atoms with Gasteiger partial charge >= 0.3 is 0 Å². The van der Waals surface area contributed by atoms with E-state index in [-0.39, 0.29) is 7.43 Å². The van der Waals surface area contributed by atoms with Gasteiger partial charge in [0.1, 0.15) is 0 Å². The van der Waals surface area contributed by atoms with Gasteiger partial charge in [0, 0.05) is 0 Å². The third-order valence-electron chi connectivity index (χ3n) is 2.07. The van der Waals surface area contributed by atoms with Gasteiger partial charge in [-0.1, -0.05) is 78.3 Å². The molecule has 1 aromatic carbocycles. The zero-order chi connectivity index (χ0) is 13.8. The molecular weight excluding hydrogens is 216 g/mol. The van der Waals surface area contributed by atoms with E-state index in [1.165, 1.54) is 35.1 Å². The van der Waals surface area contributed by atoms with E-state index in [1.54, 1.807) is 0 Å². The second kappa shape index (κ2) is 14.0. The molecule has 1 aromatic rings. The van der Waals surface area contributed by atoms with E-state index in [1.807, 2.05) is 6.08 Å². The molecule has 18 heavy (non-hydrogen) atoms. The second-order valence-corrected chi connectivity index (χ2v) is 4.41. The molecule has 0 amide bonds. The molecule has 0 unspecified atom stereocenters. The monoisotopic (exact) mass is 250 g/mol. The summed E-state index contributed by atoms with van der Waals surface area (Å²) in [5.74, 6) is 0. The Morgan fingerprint density at radius 1 is 0.944 bits per heavy atom. The first-order chi connectivity index (χ1) is 7.98. The first-order valence-corrected chi connectivity index (χ1v) is 6.68. The Balaban J connectivity index is -0.000000276. The Morgan fingerprint density at radius 2 is 1.33 bits per heavy atom. The van der Waals surface area contributed by atoms with Gasteiger partial charge in [0.25, 0.3) is 0 Å². The van der Waals surface area contributed by atoms with Crippen molar-refractivity contribution < 1.29 is 0 Å². The Morgan fingerprint density at radius 3 is 1.67 bits per heavy atom. The normalized spacial score (nSPS) is 7.94. The van der Waals surface area contributed by atoms with Crippen LogP contribution in [0.3, 0.4) is 0 Å². The maximum atomic E-state index is 3.77. The summed E-state index contributed by atoms with van der Waals surface area (Å²) in [4.78, 5) is 0. The molecule has 1 rings (SSSR count). The summed E-state index contributed by atoms with van der Waals surface area (Å²) in [5, 5.41) is 0. The van der Waals surface area contributed by atoms with Crippen molar-refractivity contribution in [2.75, 3.05) is 0 Å². The van der Waals surface area contributed by atoms with Crippen LogP contribution in [0.5, 0.6) is 0 Å². The summed E-state index contributed by atoms with van der Waals surface area (Å²) >= 11 is 0.